The van der Waals surface area contributed by atoms with Gasteiger partial charge in [-0.1, -0.05) is 140 Å². The van der Waals surface area contributed by atoms with E-state index in [4.69, 9.17) is 4.42 Å². The van der Waals surface area contributed by atoms with Crippen LogP contribution in [0.5, 0.6) is 0 Å². The lowest BCUT2D eigenvalue weighted by molar-refractivity contribution is 0.669. The molecule has 9 aromatic carbocycles. The molecular weight excluding hydrogens is 693 g/mol. The van der Waals surface area contributed by atoms with Crippen molar-refractivity contribution in [3.63, 3.8) is 0 Å². The minimum absolute atomic E-state index is 0.915. The van der Waals surface area contributed by atoms with Crippen LogP contribution in [0.15, 0.2) is 211 Å². The van der Waals surface area contributed by atoms with E-state index >= 15 is 0 Å². The summed E-state index contributed by atoms with van der Waals surface area (Å²) in [6.07, 6.45) is 0. The smallest absolute Gasteiger partial charge is 0.136 e. The Bertz CT molecular complexity index is 3490. The minimum atomic E-state index is 0.915. The van der Waals surface area contributed by atoms with Crippen LogP contribution in [0.2, 0.25) is 0 Å². The first-order chi connectivity index (χ1) is 28.2. The molecule has 0 aliphatic carbocycles. The van der Waals surface area contributed by atoms with Gasteiger partial charge in [0.25, 0.3) is 0 Å². The highest BCUT2D eigenvalue weighted by atomic mass is 16.3. The van der Waals surface area contributed by atoms with Gasteiger partial charge in [-0.2, -0.15) is 0 Å². The highest BCUT2D eigenvalue weighted by Gasteiger charge is 2.16. The van der Waals surface area contributed by atoms with Crippen LogP contribution < -0.4 is 0 Å². The standard InChI is InChI=1S/C54H34N2O/c1-2-10-41(11-3-1)55-49-15-7-4-12-43(49)45-29-24-38(32-51(45)55)39-25-30-46-44-13-5-8-16-50(44)56(52(46)33-39)42-27-22-36(23-28-42)35-18-20-37(21-19-35)40-26-31-48-47-14-6-9-17-53(47)57-54(48)34-40/h1-34H. The van der Waals surface area contributed by atoms with Crippen molar-refractivity contribution in [2.24, 2.45) is 0 Å². The van der Waals surface area contributed by atoms with Gasteiger partial charge >= 0.3 is 0 Å². The molecule has 3 nitrogen and oxygen atoms in total. The van der Waals surface area contributed by atoms with Crippen LogP contribution >= 0.6 is 0 Å². The molecule has 3 heteroatoms. The zero-order valence-corrected chi connectivity index (χ0v) is 30.9. The number of nitrogens with zero attached hydrogens (tertiary/aromatic N) is 2. The molecule has 0 unspecified atom stereocenters. The van der Waals surface area contributed by atoms with Crippen molar-refractivity contribution in [2.45, 2.75) is 0 Å². The first-order valence-electron chi connectivity index (χ1n) is 19.5. The van der Waals surface area contributed by atoms with Gasteiger partial charge in [-0.3, -0.25) is 0 Å². The number of fused-ring (bicyclic) bond motifs is 9. The second-order valence-electron chi connectivity index (χ2n) is 14.9. The normalized spacial score (nSPS) is 11.9. The summed E-state index contributed by atoms with van der Waals surface area (Å²) in [5.41, 5.74) is 16.0. The van der Waals surface area contributed by atoms with Crippen molar-refractivity contribution in [2.75, 3.05) is 0 Å². The van der Waals surface area contributed by atoms with Crippen LogP contribution in [0.1, 0.15) is 0 Å². The first-order valence-corrected chi connectivity index (χ1v) is 19.5. The Balaban J connectivity index is 0.920. The van der Waals surface area contributed by atoms with Crippen molar-refractivity contribution in [3.8, 4) is 44.8 Å². The van der Waals surface area contributed by atoms with E-state index in [1.807, 2.05) is 12.1 Å². The summed E-state index contributed by atoms with van der Waals surface area (Å²) in [6, 6.07) is 74.5. The Kier molecular flexibility index (Phi) is 6.93. The van der Waals surface area contributed by atoms with Crippen LogP contribution in [0, 0.1) is 0 Å². The van der Waals surface area contributed by atoms with Gasteiger partial charge in [0.2, 0.25) is 0 Å². The highest BCUT2D eigenvalue weighted by molar-refractivity contribution is 6.12. The van der Waals surface area contributed by atoms with Gasteiger partial charge in [0.05, 0.1) is 22.1 Å². The Hall–Kier alpha value is -7.62. The van der Waals surface area contributed by atoms with Crippen molar-refractivity contribution >= 4 is 65.6 Å². The topological polar surface area (TPSA) is 23.0 Å². The molecule has 0 N–H and O–H groups in total. The molecule has 12 rings (SSSR count). The van der Waals surface area contributed by atoms with Gasteiger partial charge in [-0.15, -0.1) is 0 Å². The van der Waals surface area contributed by atoms with Gasteiger partial charge in [0.1, 0.15) is 11.2 Å². The van der Waals surface area contributed by atoms with E-state index < -0.39 is 0 Å². The highest BCUT2D eigenvalue weighted by Crippen LogP contribution is 2.39. The summed E-state index contributed by atoms with van der Waals surface area (Å²) in [7, 11) is 0. The second kappa shape index (κ2) is 12.5. The van der Waals surface area contributed by atoms with E-state index in [1.165, 1.54) is 71.4 Å². The Labute approximate surface area is 328 Å². The fraction of sp³-hybridized carbons (Fsp3) is 0. The summed E-state index contributed by atoms with van der Waals surface area (Å²) in [5, 5.41) is 7.32. The monoisotopic (exact) mass is 726 g/mol. The van der Waals surface area contributed by atoms with Gasteiger partial charge in [0, 0.05) is 43.7 Å². The van der Waals surface area contributed by atoms with E-state index in [0.717, 1.165) is 38.9 Å². The molecule has 0 aliphatic rings. The summed E-state index contributed by atoms with van der Waals surface area (Å²) in [6.45, 7) is 0. The average molecular weight is 727 g/mol. The number of hydrogen-bond donors (Lipinski definition) is 0. The van der Waals surface area contributed by atoms with Gasteiger partial charge in [-0.25, -0.2) is 0 Å². The number of hydrogen-bond acceptors (Lipinski definition) is 1. The molecule has 3 aromatic heterocycles. The Morgan fingerprint density at radius 2 is 0.632 bits per heavy atom. The van der Waals surface area contributed by atoms with Gasteiger partial charge in [-0.05, 0) is 100 Å². The fourth-order valence-electron chi connectivity index (χ4n) is 9.00. The van der Waals surface area contributed by atoms with Crippen molar-refractivity contribution < 1.29 is 4.42 Å². The minimum Gasteiger partial charge on any atom is -0.456 e. The lowest BCUT2D eigenvalue weighted by Crippen LogP contribution is -1.94. The molecule has 0 amide bonds. The molecule has 12 aromatic rings. The van der Waals surface area contributed by atoms with Gasteiger partial charge in [0.15, 0.2) is 0 Å². The molecule has 3 heterocycles. The zero-order chi connectivity index (χ0) is 37.5. The maximum atomic E-state index is 6.17. The molecule has 0 aliphatic heterocycles. The van der Waals surface area contributed by atoms with Crippen LogP contribution in [0.3, 0.4) is 0 Å². The predicted octanol–water partition coefficient (Wildman–Crippen LogP) is 14.8. The molecule has 0 fully saturated rings. The third-order valence-corrected chi connectivity index (χ3v) is 11.8. The summed E-state index contributed by atoms with van der Waals surface area (Å²) >= 11 is 0. The van der Waals surface area contributed by atoms with Crippen LogP contribution in [0.25, 0.3) is 110 Å². The largest absolute Gasteiger partial charge is 0.456 e. The third-order valence-electron chi connectivity index (χ3n) is 11.8. The van der Waals surface area contributed by atoms with Crippen molar-refractivity contribution in [1.82, 2.24) is 9.13 Å². The van der Waals surface area contributed by atoms with Crippen LogP contribution in [-0.4, -0.2) is 9.13 Å². The number of furan rings is 1. The summed E-state index contributed by atoms with van der Waals surface area (Å²) < 4.78 is 11.0. The van der Waals surface area contributed by atoms with Crippen LogP contribution in [0.4, 0.5) is 0 Å². The maximum Gasteiger partial charge on any atom is 0.136 e. The molecule has 57 heavy (non-hydrogen) atoms. The number of para-hydroxylation sites is 4. The summed E-state index contributed by atoms with van der Waals surface area (Å²) in [5.74, 6) is 0. The molecule has 0 radical (unpaired) electrons. The molecule has 0 atom stereocenters. The van der Waals surface area contributed by atoms with E-state index in [0.29, 0.717) is 0 Å². The molecule has 0 saturated heterocycles. The van der Waals surface area contributed by atoms with Crippen LogP contribution in [-0.2, 0) is 0 Å². The zero-order valence-electron chi connectivity index (χ0n) is 30.9. The van der Waals surface area contributed by atoms with Gasteiger partial charge < -0.3 is 13.6 Å². The third kappa shape index (κ3) is 4.99. The van der Waals surface area contributed by atoms with Crippen molar-refractivity contribution in [3.05, 3.63) is 206 Å². The quantitative estimate of drug-likeness (QED) is 0.173. The maximum absolute atomic E-state index is 6.17. The number of rotatable bonds is 5. The Morgan fingerprint density at radius 1 is 0.246 bits per heavy atom. The van der Waals surface area contributed by atoms with E-state index in [9.17, 15) is 0 Å². The SMILES string of the molecule is c1ccc(-n2c3ccccc3c3ccc(-c4ccc5c6ccccc6n(-c6ccc(-c7ccc(-c8ccc9c(c8)oc8ccccc89)cc7)cc6)c5c4)cc32)cc1. The lowest BCUT2D eigenvalue weighted by Gasteiger charge is -2.11. The lowest BCUT2D eigenvalue weighted by atomic mass is 9.99. The fourth-order valence-corrected chi connectivity index (χ4v) is 9.00. The molecule has 0 saturated carbocycles. The average Bonchev–Trinajstić information content (AvgIpc) is 3.93. The predicted molar refractivity (Wildman–Crippen MR) is 239 cm³/mol. The Morgan fingerprint density at radius 3 is 1.23 bits per heavy atom. The van der Waals surface area contributed by atoms with Crippen molar-refractivity contribution in [1.29, 1.82) is 0 Å². The molecule has 0 bridgehead atoms. The van der Waals surface area contributed by atoms with E-state index in [2.05, 4.69) is 203 Å². The molecule has 266 valence electrons. The van der Waals surface area contributed by atoms with E-state index in [-0.39, 0.29) is 0 Å². The molecular formula is C54H34N2O. The number of benzene rings is 9. The molecule has 0 spiro atoms. The summed E-state index contributed by atoms with van der Waals surface area (Å²) in [4.78, 5) is 0. The second-order valence-corrected chi connectivity index (χ2v) is 14.9. The number of aromatic nitrogens is 2. The van der Waals surface area contributed by atoms with E-state index in [1.54, 1.807) is 0 Å². The first kappa shape index (κ1) is 31.7.